The number of rotatable bonds is 4. The van der Waals surface area contributed by atoms with E-state index in [1.165, 1.54) is 0 Å². The summed E-state index contributed by atoms with van der Waals surface area (Å²) in [6.07, 6.45) is 9.08. The van der Waals surface area contributed by atoms with E-state index in [9.17, 15) is 0 Å². The maximum Gasteiger partial charge on any atom is 0.228 e. The minimum Gasteiger partial charge on any atom is -0.332 e. The molecule has 0 bridgehead atoms. The predicted octanol–water partition coefficient (Wildman–Crippen LogP) is 2.76. The largest absolute Gasteiger partial charge is 0.332 e. The molecule has 4 heterocycles. The molecule has 1 aliphatic heterocycles. The van der Waals surface area contributed by atoms with E-state index in [1.54, 1.807) is 24.8 Å². The fraction of sp³-hybridized carbons (Fsp3) is 0.333. The zero-order valence-corrected chi connectivity index (χ0v) is 14.8. The van der Waals surface area contributed by atoms with Crippen molar-refractivity contribution < 1.29 is 0 Å². The molecule has 1 aliphatic rings. The minimum absolute atomic E-state index is 0.117. The molecule has 132 valence electrons. The van der Waals surface area contributed by atoms with Crippen LogP contribution >= 0.6 is 0 Å². The quantitative estimate of drug-likeness (QED) is 0.769. The monoisotopic (exact) mass is 348 g/mol. The van der Waals surface area contributed by atoms with Crippen LogP contribution in [0.15, 0.2) is 36.9 Å². The van der Waals surface area contributed by atoms with Gasteiger partial charge in [-0.15, -0.1) is 0 Å². The van der Waals surface area contributed by atoms with Gasteiger partial charge in [0.15, 0.2) is 5.82 Å². The molecular formula is C18H20N8. The van der Waals surface area contributed by atoms with Crippen LogP contribution in [0.4, 0.5) is 17.7 Å². The molecule has 1 saturated heterocycles. The van der Waals surface area contributed by atoms with Crippen LogP contribution in [0.1, 0.15) is 36.0 Å². The molecule has 26 heavy (non-hydrogen) atoms. The lowest BCUT2D eigenvalue weighted by Crippen LogP contribution is -2.25. The summed E-state index contributed by atoms with van der Waals surface area (Å²) < 4.78 is 0. The second-order valence-electron chi connectivity index (χ2n) is 6.33. The second kappa shape index (κ2) is 6.99. The summed E-state index contributed by atoms with van der Waals surface area (Å²) in [5.74, 6) is 1.89. The lowest BCUT2D eigenvalue weighted by molar-refractivity contribution is 0.676. The zero-order valence-electron chi connectivity index (χ0n) is 14.8. The molecule has 0 aromatic carbocycles. The number of hydrogen-bond donors (Lipinski definition) is 1. The van der Waals surface area contributed by atoms with Gasteiger partial charge in [-0.05, 0) is 38.8 Å². The lowest BCUT2D eigenvalue weighted by Gasteiger charge is -2.24. The van der Waals surface area contributed by atoms with Crippen molar-refractivity contribution >= 4 is 17.7 Å². The Balaban J connectivity index is 1.59. The van der Waals surface area contributed by atoms with Crippen LogP contribution in [0.2, 0.25) is 0 Å². The van der Waals surface area contributed by atoms with Crippen LogP contribution in [0.3, 0.4) is 0 Å². The van der Waals surface area contributed by atoms with Crippen molar-refractivity contribution in [3.8, 4) is 0 Å². The predicted molar refractivity (Wildman–Crippen MR) is 98.2 cm³/mol. The van der Waals surface area contributed by atoms with Crippen LogP contribution in [-0.4, -0.2) is 36.4 Å². The molecule has 3 aromatic rings. The number of anilines is 3. The third-order valence-electron chi connectivity index (χ3n) is 4.28. The molecule has 4 rings (SSSR count). The molecule has 1 atom stereocenters. The van der Waals surface area contributed by atoms with E-state index in [0.29, 0.717) is 11.8 Å². The van der Waals surface area contributed by atoms with Gasteiger partial charge in [-0.1, -0.05) is 0 Å². The first-order valence-electron chi connectivity index (χ1n) is 8.64. The minimum atomic E-state index is 0.117. The molecule has 0 spiro atoms. The average Bonchev–Trinajstić information content (AvgIpc) is 3.12. The van der Waals surface area contributed by atoms with Gasteiger partial charge in [-0.2, -0.15) is 0 Å². The number of nitrogens with one attached hydrogen (secondary N) is 1. The van der Waals surface area contributed by atoms with Gasteiger partial charge in [-0.3, -0.25) is 4.98 Å². The number of aromatic nitrogens is 6. The molecule has 0 radical (unpaired) electrons. The molecule has 1 unspecified atom stereocenters. The highest BCUT2D eigenvalue weighted by atomic mass is 15.3. The molecule has 0 amide bonds. The van der Waals surface area contributed by atoms with Gasteiger partial charge in [0.25, 0.3) is 0 Å². The summed E-state index contributed by atoms with van der Waals surface area (Å²) in [7, 11) is 0. The fourth-order valence-corrected chi connectivity index (χ4v) is 3.25. The molecule has 0 saturated carbocycles. The standard InChI is InChI=1S/C18H20N8/c1-12-9-13(2)23-17(22-12)25-16-11-19-10-14(24-16)15-5-3-8-26(15)18-20-6-4-7-21-18/h4,6-7,9-11,15H,3,5,8H2,1-2H3,(H,22,23,24,25). The number of nitrogens with zero attached hydrogens (tertiary/aromatic N) is 7. The van der Waals surface area contributed by atoms with Crippen molar-refractivity contribution in [1.29, 1.82) is 0 Å². The van der Waals surface area contributed by atoms with Gasteiger partial charge in [-0.25, -0.2) is 24.9 Å². The highest BCUT2D eigenvalue weighted by Crippen LogP contribution is 2.33. The SMILES string of the molecule is Cc1cc(C)nc(Nc2cncc(C3CCCN3c3ncccn3)n2)n1. The Labute approximate surface area is 151 Å². The zero-order chi connectivity index (χ0) is 17.9. The molecule has 8 nitrogen and oxygen atoms in total. The van der Waals surface area contributed by atoms with E-state index < -0.39 is 0 Å². The molecule has 1 N–H and O–H groups in total. The van der Waals surface area contributed by atoms with Crippen molar-refractivity contribution in [2.24, 2.45) is 0 Å². The Bertz CT molecular complexity index is 878. The van der Waals surface area contributed by atoms with Crippen LogP contribution in [-0.2, 0) is 0 Å². The summed E-state index contributed by atoms with van der Waals surface area (Å²) in [6.45, 7) is 4.80. The number of aryl methyl sites for hydroxylation is 2. The maximum absolute atomic E-state index is 4.73. The van der Waals surface area contributed by atoms with Crippen molar-refractivity contribution in [3.63, 3.8) is 0 Å². The fourth-order valence-electron chi connectivity index (χ4n) is 3.25. The topological polar surface area (TPSA) is 92.6 Å². The second-order valence-corrected chi connectivity index (χ2v) is 6.33. The summed E-state index contributed by atoms with van der Waals surface area (Å²) in [5, 5.41) is 3.16. The Morgan fingerprint density at radius 3 is 2.58 bits per heavy atom. The van der Waals surface area contributed by atoms with Gasteiger partial charge < -0.3 is 10.2 Å². The Hall–Kier alpha value is -3.16. The van der Waals surface area contributed by atoms with E-state index in [4.69, 9.17) is 4.98 Å². The summed E-state index contributed by atoms with van der Waals surface area (Å²) >= 11 is 0. The maximum atomic E-state index is 4.73. The first-order chi connectivity index (χ1) is 12.7. The van der Waals surface area contributed by atoms with Gasteiger partial charge in [0.05, 0.1) is 24.1 Å². The molecule has 8 heteroatoms. The van der Waals surface area contributed by atoms with Gasteiger partial charge >= 0.3 is 0 Å². The van der Waals surface area contributed by atoms with E-state index in [0.717, 1.165) is 42.4 Å². The van der Waals surface area contributed by atoms with Gasteiger partial charge in [0.1, 0.15) is 0 Å². The average molecular weight is 348 g/mol. The third-order valence-corrected chi connectivity index (χ3v) is 4.28. The smallest absolute Gasteiger partial charge is 0.228 e. The van der Waals surface area contributed by atoms with Gasteiger partial charge in [0.2, 0.25) is 11.9 Å². The van der Waals surface area contributed by atoms with E-state index >= 15 is 0 Å². The molecule has 0 aliphatic carbocycles. The molecular weight excluding hydrogens is 328 g/mol. The van der Waals surface area contributed by atoms with E-state index in [1.807, 2.05) is 26.0 Å². The van der Waals surface area contributed by atoms with Crippen LogP contribution in [0, 0.1) is 13.8 Å². The van der Waals surface area contributed by atoms with Crippen molar-refractivity contribution in [2.75, 3.05) is 16.8 Å². The van der Waals surface area contributed by atoms with E-state index in [2.05, 4.69) is 35.1 Å². The third kappa shape index (κ3) is 3.44. The first-order valence-corrected chi connectivity index (χ1v) is 8.64. The van der Waals surface area contributed by atoms with Gasteiger partial charge in [0, 0.05) is 30.3 Å². The molecule has 3 aromatic heterocycles. The Morgan fingerprint density at radius 1 is 1.04 bits per heavy atom. The van der Waals surface area contributed by atoms with Crippen LogP contribution in [0.25, 0.3) is 0 Å². The normalized spacial score (nSPS) is 16.7. The Morgan fingerprint density at radius 2 is 1.81 bits per heavy atom. The first kappa shape index (κ1) is 16.3. The Kier molecular flexibility index (Phi) is 4.39. The lowest BCUT2D eigenvalue weighted by atomic mass is 10.1. The highest BCUT2D eigenvalue weighted by molar-refractivity contribution is 5.47. The van der Waals surface area contributed by atoms with Crippen LogP contribution in [0.5, 0.6) is 0 Å². The van der Waals surface area contributed by atoms with Crippen LogP contribution < -0.4 is 10.2 Å². The summed E-state index contributed by atoms with van der Waals surface area (Å²) in [5.41, 5.74) is 2.71. The highest BCUT2D eigenvalue weighted by Gasteiger charge is 2.29. The van der Waals surface area contributed by atoms with E-state index in [-0.39, 0.29) is 6.04 Å². The van der Waals surface area contributed by atoms with Crippen molar-refractivity contribution in [3.05, 3.63) is 54.0 Å². The number of hydrogen-bond acceptors (Lipinski definition) is 8. The van der Waals surface area contributed by atoms with Crippen molar-refractivity contribution in [2.45, 2.75) is 32.7 Å². The summed E-state index contributed by atoms with van der Waals surface area (Å²) in [6, 6.07) is 3.87. The van der Waals surface area contributed by atoms with Crippen molar-refractivity contribution in [1.82, 2.24) is 29.9 Å². The summed E-state index contributed by atoms with van der Waals surface area (Å²) in [4.78, 5) is 28.8. The molecule has 1 fully saturated rings.